The number of nitrogens with one attached hydrogen (secondary N) is 1. The van der Waals surface area contributed by atoms with E-state index in [0.29, 0.717) is 6.04 Å². The predicted octanol–water partition coefficient (Wildman–Crippen LogP) is 4.85. The number of halogens is 1. The Balaban J connectivity index is 1.76. The first-order valence-electron chi connectivity index (χ1n) is 7.18. The smallest absolute Gasteiger partial charge is 0.0326 e. The molecule has 1 aliphatic carbocycles. The topological polar surface area (TPSA) is 12.0 Å². The van der Waals surface area contributed by atoms with Crippen molar-refractivity contribution in [3.05, 3.63) is 33.8 Å². The van der Waals surface area contributed by atoms with Crippen LogP contribution in [0.5, 0.6) is 0 Å². The van der Waals surface area contributed by atoms with Crippen molar-refractivity contribution in [3.63, 3.8) is 0 Å². The van der Waals surface area contributed by atoms with Crippen molar-refractivity contribution < 1.29 is 0 Å². The zero-order valence-corrected chi connectivity index (χ0v) is 13.1. The van der Waals surface area contributed by atoms with Gasteiger partial charge in [0.05, 0.1) is 0 Å². The normalized spacial score (nSPS) is 18.3. The third-order valence-corrected chi connectivity index (χ3v) is 4.28. The van der Waals surface area contributed by atoms with Gasteiger partial charge in [0.15, 0.2) is 0 Å². The first-order chi connectivity index (χ1) is 8.66. The van der Waals surface area contributed by atoms with Gasteiger partial charge in [-0.15, -0.1) is 0 Å². The molecular weight excluding hydrogens is 286 g/mol. The van der Waals surface area contributed by atoms with E-state index >= 15 is 0 Å². The van der Waals surface area contributed by atoms with Crippen molar-refractivity contribution in [1.82, 2.24) is 5.32 Å². The average Bonchev–Trinajstić information content (AvgIpc) is 2.70. The van der Waals surface area contributed by atoms with Crippen LogP contribution in [-0.4, -0.2) is 6.54 Å². The van der Waals surface area contributed by atoms with Crippen molar-refractivity contribution in [2.75, 3.05) is 6.54 Å². The Morgan fingerprint density at radius 1 is 1.33 bits per heavy atom. The molecule has 0 aliphatic heterocycles. The molecule has 2 heteroatoms. The van der Waals surface area contributed by atoms with E-state index in [4.69, 9.17) is 0 Å². The van der Waals surface area contributed by atoms with Crippen LogP contribution in [0, 0.1) is 5.92 Å². The van der Waals surface area contributed by atoms with Gasteiger partial charge in [0.2, 0.25) is 0 Å². The predicted molar refractivity (Wildman–Crippen MR) is 81.9 cm³/mol. The van der Waals surface area contributed by atoms with E-state index in [0.717, 1.165) is 12.5 Å². The summed E-state index contributed by atoms with van der Waals surface area (Å²) in [5.74, 6) is 0.842. The standard InChI is InChI=1S/C16H24BrN/c1-12(2)5-3-4-10-18-16-9-6-13-11-14(17)7-8-15(13)16/h7-8,11-12,16,18H,3-6,9-10H2,1-2H3. The number of unbranched alkanes of at least 4 members (excludes halogenated alkanes) is 1. The molecule has 0 aromatic heterocycles. The third kappa shape index (κ3) is 3.83. The number of benzene rings is 1. The molecule has 1 nitrogen and oxygen atoms in total. The largest absolute Gasteiger partial charge is 0.310 e. The Labute approximate surface area is 119 Å². The van der Waals surface area contributed by atoms with Gasteiger partial charge in [-0.25, -0.2) is 0 Å². The number of hydrogen-bond acceptors (Lipinski definition) is 1. The quantitative estimate of drug-likeness (QED) is 0.740. The van der Waals surface area contributed by atoms with Gasteiger partial charge in [-0.1, -0.05) is 48.7 Å². The van der Waals surface area contributed by atoms with Gasteiger partial charge < -0.3 is 5.32 Å². The third-order valence-electron chi connectivity index (χ3n) is 3.78. The second kappa shape index (κ2) is 6.72. The average molecular weight is 310 g/mol. The van der Waals surface area contributed by atoms with E-state index in [9.17, 15) is 0 Å². The fourth-order valence-electron chi connectivity index (χ4n) is 2.75. The Morgan fingerprint density at radius 3 is 2.94 bits per heavy atom. The zero-order chi connectivity index (χ0) is 13.0. The van der Waals surface area contributed by atoms with E-state index in [1.807, 2.05) is 0 Å². The van der Waals surface area contributed by atoms with Gasteiger partial charge in [0.25, 0.3) is 0 Å². The van der Waals surface area contributed by atoms with Crippen LogP contribution in [0.25, 0.3) is 0 Å². The van der Waals surface area contributed by atoms with Crippen LogP contribution in [0.4, 0.5) is 0 Å². The Kier molecular flexibility index (Phi) is 5.25. The van der Waals surface area contributed by atoms with Crippen molar-refractivity contribution in [2.24, 2.45) is 5.92 Å². The van der Waals surface area contributed by atoms with E-state index in [2.05, 4.69) is 53.3 Å². The molecule has 0 fully saturated rings. The van der Waals surface area contributed by atoms with Crippen molar-refractivity contribution in [3.8, 4) is 0 Å². The molecule has 0 spiro atoms. The summed E-state index contributed by atoms with van der Waals surface area (Å²) in [6.45, 7) is 5.77. The summed E-state index contributed by atoms with van der Waals surface area (Å²) in [4.78, 5) is 0. The minimum atomic E-state index is 0.590. The second-order valence-electron chi connectivity index (χ2n) is 5.78. The van der Waals surface area contributed by atoms with Gasteiger partial charge in [-0.3, -0.25) is 0 Å². The molecule has 100 valence electrons. The molecule has 0 saturated carbocycles. The lowest BCUT2D eigenvalue weighted by atomic mass is 10.1. The first-order valence-corrected chi connectivity index (χ1v) is 7.98. The van der Waals surface area contributed by atoms with Gasteiger partial charge >= 0.3 is 0 Å². The van der Waals surface area contributed by atoms with E-state index in [1.54, 1.807) is 0 Å². The fourth-order valence-corrected chi connectivity index (χ4v) is 3.16. The second-order valence-corrected chi connectivity index (χ2v) is 6.69. The molecule has 2 rings (SSSR count). The molecule has 18 heavy (non-hydrogen) atoms. The molecule has 0 saturated heterocycles. The van der Waals surface area contributed by atoms with Crippen LogP contribution in [0.15, 0.2) is 22.7 Å². The highest BCUT2D eigenvalue weighted by Gasteiger charge is 2.21. The van der Waals surface area contributed by atoms with Crippen molar-refractivity contribution in [2.45, 2.75) is 52.0 Å². The first kappa shape index (κ1) is 14.1. The van der Waals surface area contributed by atoms with E-state index in [1.165, 1.54) is 47.7 Å². The minimum Gasteiger partial charge on any atom is -0.310 e. The Bertz CT molecular complexity index is 387. The molecule has 0 bridgehead atoms. The van der Waals surface area contributed by atoms with Gasteiger partial charge in [-0.2, -0.15) is 0 Å². The summed E-state index contributed by atoms with van der Waals surface area (Å²) in [7, 11) is 0. The molecule has 1 aliphatic rings. The van der Waals surface area contributed by atoms with Crippen LogP contribution >= 0.6 is 15.9 Å². The summed E-state index contributed by atoms with van der Waals surface area (Å²) in [5, 5.41) is 3.72. The molecule has 0 amide bonds. The number of hydrogen-bond donors (Lipinski definition) is 1. The lowest BCUT2D eigenvalue weighted by Gasteiger charge is -2.14. The molecule has 0 heterocycles. The zero-order valence-electron chi connectivity index (χ0n) is 11.5. The monoisotopic (exact) mass is 309 g/mol. The highest BCUT2D eigenvalue weighted by Crippen LogP contribution is 2.32. The van der Waals surface area contributed by atoms with Crippen molar-refractivity contribution >= 4 is 15.9 Å². The van der Waals surface area contributed by atoms with E-state index in [-0.39, 0.29) is 0 Å². The SMILES string of the molecule is CC(C)CCCCNC1CCc2cc(Br)ccc21. The molecule has 1 N–H and O–H groups in total. The highest BCUT2D eigenvalue weighted by molar-refractivity contribution is 9.10. The Hall–Kier alpha value is -0.340. The fraction of sp³-hybridized carbons (Fsp3) is 0.625. The summed E-state index contributed by atoms with van der Waals surface area (Å²) < 4.78 is 1.21. The lowest BCUT2D eigenvalue weighted by Crippen LogP contribution is -2.20. The molecule has 1 aromatic carbocycles. The van der Waals surface area contributed by atoms with Crippen LogP contribution in [-0.2, 0) is 6.42 Å². The highest BCUT2D eigenvalue weighted by atomic mass is 79.9. The van der Waals surface area contributed by atoms with Gasteiger partial charge in [0.1, 0.15) is 0 Å². The number of fused-ring (bicyclic) bond motifs is 1. The van der Waals surface area contributed by atoms with Crippen LogP contribution in [0.2, 0.25) is 0 Å². The molecule has 1 unspecified atom stereocenters. The lowest BCUT2D eigenvalue weighted by molar-refractivity contribution is 0.482. The summed E-state index contributed by atoms with van der Waals surface area (Å²) in [6, 6.07) is 7.30. The molecular formula is C16H24BrN. The minimum absolute atomic E-state index is 0.590. The summed E-state index contributed by atoms with van der Waals surface area (Å²) in [6.07, 6.45) is 6.50. The van der Waals surface area contributed by atoms with Gasteiger partial charge in [-0.05, 0) is 55.0 Å². The molecule has 0 radical (unpaired) electrons. The van der Waals surface area contributed by atoms with Crippen LogP contribution in [0.3, 0.4) is 0 Å². The maximum Gasteiger partial charge on any atom is 0.0326 e. The molecule has 1 aromatic rings. The maximum absolute atomic E-state index is 3.72. The number of rotatable bonds is 6. The van der Waals surface area contributed by atoms with E-state index < -0.39 is 0 Å². The maximum atomic E-state index is 3.72. The van der Waals surface area contributed by atoms with Crippen LogP contribution in [0.1, 0.15) is 56.7 Å². The van der Waals surface area contributed by atoms with Crippen molar-refractivity contribution in [1.29, 1.82) is 0 Å². The summed E-state index contributed by atoms with van der Waals surface area (Å²) >= 11 is 3.55. The van der Waals surface area contributed by atoms with Gasteiger partial charge in [0, 0.05) is 10.5 Å². The Morgan fingerprint density at radius 2 is 2.17 bits per heavy atom. The van der Waals surface area contributed by atoms with Crippen LogP contribution < -0.4 is 5.32 Å². The summed E-state index contributed by atoms with van der Waals surface area (Å²) in [5.41, 5.74) is 3.03. The molecule has 1 atom stereocenters. The number of aryl methyl sites for hydroxylation is 1.